The first-order valence-electron chi connectivity index (χ1n) is 8.98. The second-order valence-corrected chi connectivity index (χ2v) is 12.3. The van der Waals surface area contributed by atoms with Crippen molar-refractivity contribution in [2.24, 2.45) is 9.98 Å². The molecule has 0 bridgehead atoms. The number of nitrogens with zero attached hydrogens (tertiary/aromatic N) is 3. The van der Waals surface area contributed by atoms with Crippen molar-refractivity contribution in [2.75, 3.05) is 6.61 Å². The predicted octanol–water partition coefficient (Wildman–Crippen LogP) is -2.37. The number of hydrogen-bond acceptors (Lipinski definition) is 11. The van der Waals surface area contributed by atoms with Crippen LogP contribution >= 0.6 is 41.5 Å². The van der Waals surface area contributed by atoms with E-state index in [-0.39, 0.29) is 48.0 Å². The molecule has 6 unspecified atom stereocenters. The van der Waals surface area contributed by atoms with Gasteiger partial charge < -0.3 is 19.3 Å². The molecule has 0 aromatic heterocycles. The molecule has 0 aliphatic carbocycles. The maximum absolute atomic E-state index is 12.4. The van der Waals surface area contributed by atoms with E-state index in [1.54, 1.807) is 24.3 Å². The number of rotatable bonds is 2. The van der Waals surface area contributed by atoms with E-state index >= 15 is 0 Å². The summed E-state index contributed by atoms with van der Waals surface area (Å²) in [6.07, 6.45) is -2.98. The molecular weight excluding hydrogens is 512 g/mol. The Hall–Kier alpha value is -0.440. The van der Waals surface area contributed by atoms with Gasteiger partial charge in [0, 0.05) is 9.92 Å². The smallest absolute Gasteiger partial charge is 0.770 e. The van der Waals surface area contributed by atoms with E-state index in [4.69, 9.17) is 26.3 Å². The number of nitrogens with one attached hydrogen (secondary N) is 2. The van der Waals surface area contributed by atoms with Crippen LogP contribution in [-0.4, -0.2) is 69.2 Å². The van der Waals surface area contributed by atoms with Crippen LogP contribution in [0.5, 0.6) is 0 Å². The summed E-state index contributed by atoms with van der Waals surface area (Å²) in [5.74, 6) is -0.761. The molecule has 16 heteroatoms. The molecule has 2 fully saturated rings. The number of ether oxygens (including phenoxy) is 1. The average molecular weight is 526 g/mol. The molecule has 4 heterocycles. The topological polar surface area (TPSA) is 160 Å². The van der Waals surface area contributed by atoms with Crippen molar-refractivity contribution in [2.45, 2.75) is 34.6 Å². The summed E-state index contributed by atoms with van der Waals surface area (Å²) >= 11 is 7.67. The Labute approximate surface area is 217 Å². The average Bonchev–Trinajstić information content (AvgIpc) is 3.20. The Kier molecular flexibility index (Phi) is 7.18. The van der Waals surface area contributed by atoms with Crippen LogP contribution in [0.25, 0.3) is 0 Å². The largest absolute Gasteiger partial charge is 1.00 e. The summed E-state index contributed by atoms with van der Waals surface area (Å²) in [5, 5.41) is 21.1. The third kappa shape index (κ3) is 4.58. The number of aliphatic hydroxyl groups excluding tert-OH is 1. The Morgan fingerprint density at radius 2 is 2.12 bits per heavy atom. The van der Waals surface area contributed by atoms with Gasteiger partial charge in [-0.2, -0.15) is 4.99 Å². The number of fused-ring (bicyclic) bond motifs is 2. The number of carbonyl (C=O) groups is 1. The number of aliphatic imine (C=N–C) groups is 2. The van der Waals surface area contributed by atoms with Crippen LogP contribution in [0.3, 0.4) is 0 Å². The first kappa shape index (κ1) is 24.7. The van der Waals surface area contributed by atoms with Crippen LogP contribution in [0.4, 0.5) is 0 Å². The summed E-state index contributed by atoms with van der Waals surface area (Å²) in [7, 11) is 0. The van der Waals surface area contributed by atoms with Crippen molar-refractivity contribution >= 4 is 64.4 Å². The van der Waals surface area contributed by atoms with Crippen LogP contribution in [0.1, 0.15) is 0 Å². The van der Waals surface area contributed by atoms with Crippen molar-refractivity contribution < 1.29 is 58.2 Å². The molecule has 32 heavy (non-hydrogen) atoms. The molecule has 4 aliphatic rings. The molecule has 1 aromatic rings. The zero-order chi connectivity index (χ0) is 21.9. The number of benzene rings is 1. The van der Waals surface area contributed by atoms with Crippen molar-refractivity contribution in [3.05, 3.63) is 29.3 Å². The van der Waals surface area contributed by atoms with E-state index in [0.29, 0.717) is 21.6 Å². The number of halogens is 1. The van der Waals surface area contributed by atoms with Gasteiger partial charge in [-0.3, -0.25) is 25.0 Å². The van der Waals surface area contributed by atoms with Gasteiger partial charge in [-0.05, 0) is 24.3 Å². The van der Waals surface area contributed by atoms with Crippen LogP contribution in [0, 0.1) is 5.41 Å². The molecule has 1 aromatic carbocycles. The molecule has 1 amide bonds. The van der Waals surface area contributed by atoms with Crippen molar-refractivity contribution in [1.82, 2.24) is 10.2 Å². The van der Waals surface area contributed by atoms with Gasteiger partial charge in [0.05, 0.1) is 18.0 Å². The summed E-state index contributed by atoms with van der Waals surface area (Å²) in [6.45, 7) is -4.36. The quantitative estimate of drug-likeness (QED) is 0.283. The molecule has 0 spiro atoms. The van der Waals surface area contributed by atoms with E-state index in [0.717, 1.165) is 4.90 Å². The molecule has 0 saturated carbocycles. The first-order valence-corrected chi connectivity index (χ1v) is 13.2. The Balaban J connectivity index is 0.00000245. The molecular formula is C16H14ClN5NaO6PS2. The van der Waals surface area contributed by atoms with Crippen LogP contribution in [0.15, 0.2) is 39.1 Å². The SMILES string of the molecule is N=C1N=C2C(N=C(Sc3ccc(Cl)cc3)N2C2OC3COP(=O)([O-])SC3C2O)C(=O)N1.[Na+]. The van der Waals surface area contributed by atoms with E-state index in [2.05, 4.69) is 15.3 Å². The monoisotopic (exact) mass is 525 g/mol. The van der Waals surface area contributed by atoms with Gasteiger partial charge in [0.15, 0.2) is 30.1 Å². The zero-order valence-corrected chi connectivity index (χ0v) is 21.7. The Morgan fingerprint density at radius 3 is 2.84 bits per heavy atom. The third-order valence-electron chi connectivity index (χ3n) is 4.89. The zero-order valence-electron chi connectivity index (χ0n) is 16.4. The third-order valence-corrected chi connectivity index (χ3v) is 9.50. The van der Waals surface area contributed by atoms with Gasteiger partial charge in [0.25, 0.3) is 5.91 Å². The number of thioether (sulfide) groups is 1. The van der Waals surface area contributed by atoms with Crippen molar-refractivity contribution in [1.29, 1.82) is 5.41 Å². The molecule has 6 atom stereocenters. The minimum absolute atomic E-state index is 0. The molecule has 2 saturated heterocycles. The number of amides is 1. The number of carbonyl (C=O) groups excluding carboxylic acids is 1. The van der Waals surface area contributed by atoms with Crippen molar-refractivity contribution in [3.63, 3.8) is 0 Å². The number of aliphatic hydroxyl groups is 1. The molecule has 11 nitrogen and oxygen atoms in total. The van der Waals surface area contributed by atoms with Gasteiger partial charge in [0.2, 0.25) is 5.96 Å². The summed E-state index contributed by atoms with van der Waals surface area (Å²) in [4.78, 5) is 35.0. The minimum atomic E-state index is -4.14. The van der Waals surface area contributed by atoms with E-state index < -0.39 is 42.4 Å². The maximum atomic E-state index is 12.4. The van der Waals surface area contributed by atoms with Crippen molar-refractivity contribution in [3.8, 4) is 0 Å². The normalized spacial score (nSPS) is 36.0. The van der Waals surface area contributed by atoms with E-state index in [1.165, 1.54) is 16.7 Å². The first-order chi connectivity index (χ1) is 14.7. The Morgan fingerprint density at radius 1 is 1.41 bits per heavy atom. The molecule has 164 valence electrons. The number of guanidine groups is 1. The summed E-state index contributed by atoms with van der Waals surface area (Å²) in [5.41, 5.74) is 0. The molecule has 3 N–H and O–H groups in total. The maximum Gasteiger partial charge on any atom is 1.00 e. The molecule has 5 rings (SSSR count). The summed E-state index contributed by atoms with van der Waals surface area (Å²) < 4.78 is 22.6. The number of hydrogen-bond donors (Lipinski definition) is 3. The van der Waals surface area contributed by atoms with Crippen LogP contribution in [-0.2, 0) is 18.6 Å². The molecule has 0 radical (unpaired) electrons. The van der Waals surface area contributed by atoms with Gasteiger partial charge >= 0.3 is 29.6 Å². The predicted molar refractivity (Wildman–Crippen MR) is 113 cm³/mol. The van der Waals surface area contributed by atoms with Crippen LogP contribution < -0.4 is 39.8 Å². The molecule has 4 aliphatic heterocycles. The van der Waals surface area contributed by atoms with Crippen LogP contribution in [0.2, 0.25) is 5.02 Å². The van der Waals surface area contributed by atoms with Gasteiger partial charge in [-0.1, -0.05) is 34.7 Å². The van der Waals surface area contributed by atoms with Gasteiger partial charge in [0.1, 0.15) is 6.10 Å². The van der Waals surface area contributed by atoms with Gasteiger partial charge in [-0.15, -0.1) is 0 Å². The fraction of sp³-hybridized carbons (Fsp3) is 0.375. The summed E-state index contributed by atoms with van der Waals surface area (Å²) in [6, 6.07) is 5.92. The van der Waals surface area contributed by atoms with Gasteiger partial charge in [-0.25, -0.2) is 4.99 Å². The fourth-order valence-corrected chi connectivity index (χ4v) is 7.87. The second kappa shape index (κ2) is 9.31. The van der Waals surface area contributed by atoms with E-state index in [1.807, 2.05) is 0 Å². The number of amidine groups is 2. The minimum Gasteiger partial charge on any atom is -0.770 e. The Bertz CT molecular complexity index is 1080. The fourth-order valence-electron chi connectivity index (χ4n) is 3.54. The second-order valence-electron chi connectivity index (χ2n) is 6.92. The van der Waals surface area contributed by atoms with E-state index in [9.17, 15) is 19.4 Å². The standard InChI is InChI=1S/C16H15ClN5O6PS2.Na/c17-6-1-3-7(4-2-6)30-16-19-9-12(20-15(18)21-13(9)24)22(16)14-10(23)11-8(28-14)5-27-29(25,26)31-11;/h1-4,8-11,14,23H,5H2,(H,25,26)(H2,18,21,24);/q;+1/p-1.